The first kappa shape index (κ1) is 15.2. The summed E-state index contributed by atoms with van der Waals surface area (Å²) in [6, 6.07) is 2.65. The van der Waals surface area contributed by atoms with Crippen LogP contribution in [0.1, 0.15) is 5.56 Å². The van der Waals surface area contributed by atoms with Gasteiger partial charge in [0.05, 0.1) is 30.8 Å². The van der Waals surface area contributed by atoms with E-state index < -0.39 is 10.9 Å². The fraction of sp³-hybridized carbons (Fsp3) is 0.364. The molecule has 7 nitrogen and oxygen atoms in total. The molecule has 19 heavy (non-hydrogen) atoms. The Labute approximate surface area is 117 Å². The third-order valence-corrected chi connectivity index (χ3v) is 2.74. The average Bonchev–Trinajstić information content (AvgIpc) is 2.43. The second-order valence-electron chi connectivity index (χ2n) is 3.39. The van der Waals surface area contributed by atoms with E-state index in [2.05, 4.69) is 15.9 Å². The lowest BCUT2D eigenvalue weighted by atomic mass is 10.1. The molecule has 0 amide bonds. The van der Waals surface area contributed by atoms with Gasteiger partial charge in [-0.2, -0.15) is 0 Å². The highest BCUT2D eigenvalue weighted by Gasteiger charge is 2.20. The van der Waals surface area contributed by atoms with Gasteiger partial charge in [0.2, 0.25) is 0 Å². The van der Waals surface area contributed by atoms with Crippen LogP contribution in [0.4, 0.5) is 5.69 Å². The molecule has 0 N–H and O–H groups in total. The number of rotatable bonds is 6. The summed E-state index contributed by atoms with van der Waals surface area (Å²) < 4.78 is 14.9. The van der Waals surface area contributed by atoms with Crippen molar-refractivity contribution in [3.8, 4) is 11.5 Å². The average molecular weight is 334 g/mol. The summed E-state index contributed by atoms with van der Waals surface area (Å²) in [5, 5.41) is 11.0. The van der Waals surface area contributed by atoms with Crippen LogP contribution in [-0.2, 0) is 16.1 Å². The highest BCUT2D eigenvalue weighted by molar-refractivity contribution is 9.09. The fourth-order valence-electron chi connectivity index (χ4n) is 1.39. The minimum atomic E-state index is -0.570. The van der Waals surface area contributed by atoms with Crippen molar-refractivity contribution < 1.29 is 23.9 Å². The van der Waals surface area contributed by atoms with E-state index in [1.807, 2.05) is 0 Å². The SMILES string of the molecule is COc1cc(COC(=O)CBr)c([N+](=O)[O-])cc1OC. The van der Waals surface area contributed by atoms with Crippen LogP contribution in [0.3, 0.4) is 0 Å². The number of esters is 1. The number of halogens is 1. The van der Waals surface area contributed by atoms with Crippen LogP contribution < -0.4 is 9.47 Å². The Bertz CT molecular complexity index is 490. The van der Waals surface area contributed by atoms with Gasteiger partial charge in [-0.15, -0.1) is 0 Å². The molecule has 0 aliphatic carbocycles. The summed E-state index contributed by atoms with van der Waals surface area (Å²) in [6.07, 6.45) is 0. The molecule has 0 heterocycles. The van der Waals surface area contributed by atoms with Crippen LogP contribution >= 0.6 is 15.9 Å². The standard InChI is InChI=1S/C11H12BrNO6/c1-17-9-3-7(6-19-11(14)5-12)8(13(15)16)4-10(9)18-2/h3-4H,5-6H2,1-2H3. The number of methoxy groups -OCH3 is 2. The van der Waals surface area contributed by atoms with E-state index in [4.69, 9.17) is 14.2 Å². The molecule has 0 spiro atoms. The zero-order valence-corrected chi connectivity index (χ0v) is 11.9. The van der Waals surface area contributed by atoms with E-state index in [1.165, 1.54) is 26.4 Å². The van der Waals surface area contributed by atoms with Gasteiger partial charge in [0, 0.05) is 0 Å². The Morgan fingerprint density at radius 2 is 1.89 bits per heavy atom. The topological polar surface area (TPSA) is 87.9 Å². The summed E-state index contributed by atoms with van der Waals surface area (Å²) in [4.78, 5) is 21.4. The van der Waals surface area contributed by atoms with Crippen LogP contribution in [-0.4, -0.2) is 30.4 Å². The first-order valence-electron chi connectivity index (χ1n) is 5.14. The van der Waals surface area contributed by atoms with Gasteiger partial charge in [0.25, 0.3) is 5.69 Å². The molecule has 1 rings (SSSR count). The lowest BCUT2D eigenvalue weighted by molar-refractivity contribution is -0.385. The summed E-state index contributed by atoms with van der Waals surface area (Å²) in [5.74, 6) is 0.0619. The third-order valence-electron chi connectivity index (χ3n) is 2.28. The lowest BCUT2D eigenvalue weighted by Crippen LogP contribution is -2.07. The molecule has 0 fully saturated rings. The summed E-state index contributed by atoms with van der Waals surface area (Å²) in [7, 11) is 2.80. The number of hydrogen-bond acceptors (Lipinski definition) is 6. The molecular weight excluding hydrogens is 322 g/mol. The van der Waals surface area contributed by atoms with Gasteiger partial charge >= 0.3 is 5.97 Å². The van der Waals surface area contributed by atoms with Crippen LogP contribution in [0, 0.1) is 10.1 Å². The Morgan fingerprint density at radius 3 is 2.37 bits per heavy atom. The number of carbonyl (C=O) groups excluding carboxylic acids is 1. The molecule has 1 aromatic rings. The largest absolute Gasteiger partial charge is 0.493 e. The maximum Gasteiger partial charge on any atom is 0.316 e. The van der Waals surface area contributed by atoms with Crippen molar-refractivity contribution in [3.63, 3.8) is 0 Å². The Hall–Kier alpha value is -1.83. The van der Waals surface area contributed by atoms with E-state index in [1.54, 1.807) is 0 Å². The number of benzene rings is 1. The number of carbonyl (C=O) groups is 1. The highest BCUT2D eigenvalue weighted by Crippen LogP contribution is 2.34. The lowest BCUT2D eigenvalue weighted by Gasteiger charge is -2.10. The molecule has 104 valence electrons. The van der Waals surface area contributed by atoms with Gasteiger partial charge in [-0.25, -0.2) is 0 Å². The van der Waals surface area contributed by atoms with Gasteiger partial charge in [-0.1, -0.05) is 15.9 Å². The second-order valence-corrected chi connectivity index (χ2v) is 3.95. The van der Waals surface area contributed by atoms with E-state index in [-0.39, 0.29) is 28.9 Å². The Morgan fingerprint density at radius 1 is 1.32 bits per heavy atom. The van der Waals surface area contributed by atoms with Gasteiger partial charge in [-0.3, -0.25) is 14.9 Å². The van der Waals surface area contributed by atoms with Gasteiger partial charge in [0.15, 0.2) is 11.5 Å². The molecule has 1 aromatic carbocycles. The van der Waals surface area contributed by atoms with E-state index in [0.717, 1.165) is 0 Å². The number of alkyl halides is 1. The van der Waals surface area contributed by atoms with Crippen molar-refractivity contribution in [2.75, 3.05) is 19.5 Å². The molecule has 0 aliphatic heterocycles. The summed E-state index contributed by atoms with van der Waals surface area (Å²) in [5.41, 5.74) is 0.0389. The predicted octanol–water partition coefficient (Wildman–Crippen LogP) is 2.05. The molecule has 0 atom stereocenters. The zero-order chi connectivity index (χ0) is 14.4. The van der Waals surface area contributed by atoms with Gasteiger partial charge in [-0.05, 0) is 6.07 Å². The van der Waals surface area contributed by atoms with Crippen LogP contribution in [0.5, 0.6) is 11.5 Å². The van der Waals surface area contributed by atoms with E-state index >= 15 is 0 Å². The molecule has 0 aromatic heterocycles. The molecule has 0 bridgehead atoms. The minimum Gasteiger partial charge on any atom is -0.493 e. The van der Waals surface area contributed by atoms with Gasteiger partial charge < -0.3 is 14.2 Å². The number of ether oxygens (including phenoxy) is 3. The van der Waals surface area contributed by atoms with Crippen molar-refractivity contribution in [1.29, 1.82) is 0 Å². The summed E-state index contributed by atoms with van der Waals surface area (Å²) >= 11 is 2.93. The van der Waals surface area contributed by atoms with Crippen molar-refractivity contribution in [3.05, 3.63) is 27.8 Å². The van der Waals surface area contributed by atoms with Crippen molar-refractivity contribution in [1.82, 2.24) is 0 Å². The maximum absolute atomic E-state index is 11.0. The van der Waals surface area contributed by atoms with Crippen LogP contribution in [0.25, 0.3) is 0 Å². The molecule has 0 aliphatic rings. The minimum absolute atomic E-state index is 0.0219. The molecule has 0 saturated carbocycles. The number of nitrogens with zero attached hydrogens (tertiary/aromatic N) is 1. The number of hydrogen-bond donors (Lipinski definition) is 0. The normalized spacial score (nSPS) is 9.84. The first-order chi connectivity index (χ1) is 9.03. The molecule has 8 heteroatoms. The third kappa shape index (κ3) is 3.82. The smallest absolute Gasteiger partial charge is 0.316 e. The molecular formula is C11H12BrNO6. The number of nitro benzene ring substituents is 1. The van der Waals surface area contributed by atoms with E-state index in [0.29, 0.717) is 5.75 Å². The zero-order valence-electron chi connectivity index (χ0n) is 10.3. The van der Waals surface area contributed by atoms with Crippen LogP contribution in [0.15, 0.2) is 12.1 Å². The van der Waals surface area contributed by atoms with E-state index in [9.17, 15) is 14.9 Å². The Kier molecular flexibility index (Phi) is 5.56. The van der Waals surface area contributed by atoms with Crippen molar-refractivity contribution in [2.24, 2.45) is 0 Å². The first-order valence-corrected chi connectivity index (χ1v) is 6.26. The monoisotopic (exact) mass is 333 g/mol. The Balaban J connectivity index is 3.12. The quantitative estimate of drug-likeness (QED) is 0.342. The molecule has 0 unspecified atom stereocenters. The fourth-order valence-corrected chi connectivity index (χ4v) is 1.55. The molecule has 0 radical (unpaired) electrons. The van der Waals surface area contributed by atoms with Crippen molar-refractivity contribution in [2.45, 2.75) is 6.61 Å². The summed E-state index contributed by atoms with van der Waals surface area (Å²) in [6.45, 7) is -0.207. The second kappa shape index (κ2) is 6.93. The maximum atomic E-state index is 11.0. The highest BCUT2D eigenvalue weighted by atomic mass is 79.9. The molecule has 0 saturated heterocycles. The number of nitro groups is 1. The van der Waals surface area contributed by atoms with Crippen LogP contribution in [0.2, 0.25) is 0 Å². The van der Waals surface area contributed by atoms with Crippen molar-refractivity contribution >= 4 is 27.6 Å². The predicted molar refractivity (Wildman–Crippen MR) is 69.8 cm³/mol. The van der Waals surface area contributed by atoms with Gasteiger partial charge in [0.1, 0.15) is 11.9 Å².